The van der Waals surface area contributed by atoms with Crippen LogP contribution in [0.15, 0.2) is 10.0 Å². The normalized spacial score (nSPS) is 19.3. The molecule has 1 aromatic rings. The summed E-state index contributed by atoms with van der Waals surface area (Å²) in [6, 6.07) is 0. The Kier molecular flexibility index (Phi) is 3.82. The van der Waals surface area contributed by atoms with E-state index in [9.17, 15) is 0 Å². The smallest absolute Gasteiger partial charge is 0.0770 e. The topological polar surface area (TPSA) is 29.9 Å². The summed E-state index contributed by atoms with van der Waals surface area (Å²) in [5, 5.41) is 7.90. The number of piperidine rings is 1. The van der Waals surface area contributed by atoms with Crippen LogP contribution in [0.25, 0.3) is 6.08 Å². The number of hydrogen-bond donors (Lipinski definition) is 1. The summed E-state index contributed by atoms with van der Waals surface area (Å²) in [5.74, 6) is 0. The molecule has 4 heteroatoms. The van der Waals surface area contributed by atoms with Crippen LogP contribution in [-0.2, 0) is 13.5 Å². The van der Waals surface area contributed by atoms with Crippen molar-refractivity contribution < 1.29 is 0 Å². The number of nitrogens with one attached hydrogen (secondary N) is 1. The quantitative estimate of drug-likeness (QED) is 0.904. The minimum atomic E-state index is 0.968. The highest BCUT2D eigenvalue weighted by Crippen LogP contribution is 2.25. The molecule has 0 aliphatic carbocycles. The number of nitrogens with zero attached hydrogens (tertiary/aromatic N) is 2. The van der Waals surface area contributed by atoms with Gasteiger partial charge >= 0.3 is 0 Å². The first kappa shape index (κ1) is 11.9. The van der Waals surface area contributed by atoms with Crippen molar-refractivity contribution in [3.63, 3.8) is 0 Å². The minimum absolute atomic E-state index is 0.968. The van der Waals surface area contributed by atoms with Crippen LogP contribution in [0, 0.1) is 0 Å². The zero-order valence-electron chi connectivity index (χ0n) is 9.89. The predicted octanol–water partition coefficient (Wildman–Crippen LogP) is 2.51. The molecular formula is C12H18BrN3. The van der Waals surface area contributed by atoms with Crippen molar-refractivity contribution in [1.29, 1.82) is 0 Å². The van der Waals surface area contributed by atoms with E-state index in [1.54, 1.807) is 0 Å². The molecule has 1 saturated heterocycles. The largest absolute Gasteiger partial charge is 0.313 e. The first-order chi connectivity index (χ1) is 7.72. The fourth-order valence-corrected chi connectivity index (χ4v) is 2.78. The lowest BCUT2D eigenvalue weighted by atomic mass is 10.1. The highest BCUT2D eigenvalue weighted by atomic mass is 79.9. The van der Waals surface area contributed by atoms with Crippen LogP contribution in [0.3, 0.4) is 0 Å². The van der Waals surface area contributed by atoms with E-state index < -0.39 is 0 Å². The second-order valence-electron chi connectivity index (χ2n) is 4.21. The molecule has 2 heterocycles. The third-order valence-electron chi connectivity index (χ3n) is 2.98. The maximum atomic E-state index is 4.50. The van der Waals surface area contributed by atoms with E-state index in [0.717, 1.165) is 29.7 Å². The summed E-state index contributed by atoms with van der Waals surface area (Å²) in [6.45, 7) is 4.29. The Bertz CT molecular complexity index is 399. The summed E-state index contributed by atoms with van der Waals surface area (Å²) >= 11 is 3.64. The third kappa shape index (κ3) is 2.38. The van der Waals surface area contributed by atoms with Gasteiger partial charge in [0.25, 0.3) is 0 Å². The fourth-order valence-electron chi connectivity index (χ4n) is 2.05. The highest BCUT2D eigenvalue weighted by molar-refractivity contribution is 9.10. The van der Waals surface area contributed by atoms with Gasteiger partial charge in [0.1, 0.15) is 0 Å². The maximum absolute atomic E-state index is 4.50. The van der Waals surface area contributed by atoms with Gasteiger partial charge in [-0.2, -0.15) is 5.10 Å². The van der Waals surface area contributed by atoms with Crippen molar-refractivity contribution >= 4 is 22.0 Å². The lowest BCUT2D eigenvalue weighted by Crippen LogP contribution is -2.23. The van der Waals surface area contributed by atoms with Gasteiger partial charge < -0.3 is 5.32 Å². The summed E-state index contributed by atoms with van der Waals surface area (Å²) in [6.07, 6.45) is 5.67. The van der Waals surface area contributed by atoms with E-state index in [4.69, 9.17) is 0 Å². The van der Waals surface area contributed by atoms with Crippen molar-refractivity contribution in [3.8, 4) is 0 Å². The molecule has 88 valence electrons. The van der Waals surface area contributed by atoms with Crippen LogP contribution in [0.5, 0.6) is 0 Å². The lowest BCUT2D eigenvalue weighted by molar-refractivity contribution is 0.612. The lowest BCUT2D eigenvalue weighted by Gasteiger charge is -2.15. The standard InChI is InChI=1S/C12H18BrN3/c1-3-10-12(13)11(16(2)15-10)7-9-5-4-6-14-8-9/h7,14H,3-6,8H2,1-2H3. The number of hydrogen-bond acceptors (Lipinski definition) is 2. The molecule has 0 spiro atoms. The second kappa shape index (κ2) is 5.15. The van der Waals surface area contributed by atoms with Gasteiger partial charge in [-0.3, -0.25) is 4.68 Å². The third-order valence-corrected chi connectivity index (χ3v) is 3.84. The molecule has 0 amide bonds. The van der Waals surface area contributed by atoms with E-state index in [-0.39, 0.29) is 0 Å². The van der Waals surface area contributed by atoms with Crippen molar-refractivity contribution in [2.45, 2.75) is 26.2 Å². The average molecular weight is 284 g/mol. The van der Waals surface area contributed by atoms with E-state index in [1.165, 1.54) is 24.1 Å². The SMILES string of the molecule is CCc1nn(C)c(C=C2CCCNC2)c1Br. The molecule has 0 atom stereocenters. The van der Waals surface area contributed by atoms with Crippen molar-refractivity contribution in [1.82, 2.24) is 15.1 Å². The summed E-state index contributed by atoms with van der Waals surface area (Å²) in [7, 11) is 2.01. The Labute approximate surface area is 105 Å². The van der Waals surface area contributed by atoms with Crippen LogP contribution in [0.1, 0.15) is 31.2 Å². The molecule has 3 nitrogen and oxygen atoms in total. The Morgan fingerprint density at radius 3 is 2.94 bits per heavy atom. The van der Waals surface area contributed by atoms with Gasteiger partial charge in [-0.05, 0) is 47.8 Å². The molecule has 16 heavy (non-hydrogen) atoms. The molecule has 1 aromatic heterocycles. The molecule has 0 unspecified atom stereocenters. The van der Waals surface area contributed by atoms with Crippen LogP contribution >= 0.6 is 15.9 Å². The van der Waals surface area contributed by atoms with Gasteiger partial charge in [-0.25, -0.2) is 0 Å². The molecule has 0 aromatic carbocycles. The monoisotopic (exact) mass is 283 g/mol. The molecule has 1 aliphatic heterocycles. The van der Waals surface area contributed by atoms with Crippen molar-refractivity contribution in [3.05, 3.63) is 21.4 Å². The fraction of sp³-hybridized carbons (Fsp3) is 0.583. The van der Waals surface area contributed by atoms with E-state index in [1.807, 2.05) is 11.7 Å². The summed E-state index contributed by atoms with van der Waals surface area (Å²) in [5.41, 5.74) is 3.80. The summed E-state index contributed by atoms with van der Waals surface area (Å²) < 4.78 is 3.11. The molecular weight excluding hydrogens is 266 g/mol. The molecule has 1 fully saturated rings. The maximum Gasteiger partial charge on any atom is 0.0770 e. The van der Waals surface area contributed by atoms with Crippen molar-refractivity contribution in [2.75, 3.05) is 13.1 Å². The Morgan fingerprint density at radius 2 is 2.38 bits per heavy atom. The van der Waals surface area contributed by atoms with E-state index in [0.29, 0.717) is 0 Å². The van der Waals surface area contributed by atoms with Gasteiger partial charge in [0.2, 0.25) is 0 Å². The van der Waals surface area contributed by atoms with Crippen molar-refractivity contribution in [2.24, 2.45) is 7.05 Å². The zero-order chi connectivity index (χ0) is 11.5. The Balaban J connectivity index is 2.29. The minimum Gasteiger partial charge on any atom is -0.313 e. The van der Waals surface area contributed by atoms with E-state index >= 15 is 0 Å². The molecule has 0 radical (unpaired) electrons. The first-order valence-electron chi connectivity index (χ1n) is 5.84. The highest BCUT2D eigenvalue weighted by Gasteiger charge is 2.12. The second-order valence-corrected chi connectivity index (χ2v) is 5.00. The van der Waals surface area contributed by atoms with E-state index in [2.05, 4.69) is 39.3 Å². The number of rotatable bonds is 2. The van der Waals surface area contributed by atoms with Crippen LogP contribution in [0.2, 0.25) is 0 Å². The van der Waals surface area contributed by atoms with Crippen LogP contribution < -0.4 is 5.32 Å². The Morgan fingerprint density at radius 1 is 1.56 bits per heavy atom. The molecule has 0 bridgehead atoms. The first-order valence-corrected chi connectivity index (χ1v) is 6.63. The number of halogens is 1. The predicted molar refractivity (Wildman–Crippen MR) is 70.4 cm³/mol. The molecule has 1 N–H and O–H groups in total. The summed E-state index contributed by atoms with van der Waals surface area (Å²) in [4.78, 5) is 0. The van der Waals surface area contributed by atoms with Gasteiger partial charge in [0, 0.05) is 13.6 Å². The number of aryl methyl sites for hydroxylation is 2. The van der Waals surface area contributed by atoms with Gasteiger partial charge in [-0.1, -0.05) is 12.5 Å². The average Bonchev–Trinajstić information content (AvgIpc) is 2.58. The zero-order valence-corrected chi connectivity index (χ0v) is 11.5. The van der Waals surface area contributed by atoms with Crippen LogP contribution in [0.4, 0.5) is 0 Å². The molecule has 1 aliphatic rings. The van der Waals surface area contributed by atoms with Gasteiger partial charge in [0.15, 0.2) is 0 Å². The van der Waals surface area contributed by atoms with Crippen LogP contribution in [-0.4, -0.2) is 22.9 Å². The van der Waals surface area contributed by atoms with Gasteiger partial charge in [-0.15, -0.1) is 0 Å². The number of aromatic nitrogens is 2. The molecule has 0 saturated carbocycles. The van der Waals surface area contributed by atoms with Gasteiger partial charge in [0.05, 0.1) is 15.9 Å². The Hall–Kier alpha value is -0.610. The molecule has 2 rings (SSSR count).